The van der Waals surface area contributed by atoms with Crippen LogP contribution in [0.15, 0.2) is 18.2 Å². The summed E-state index contributed by atoms with van der Waals surface area (Å²) in [5.74, 6) is -0.477. The lowest BCUT2D eigenvalue weighted by Crippen LogP contribution is -2.31. The molecule has 0 aliphatic heterocycles. The molecule has 0 saturated heterocycles. The number of nitrogens with zero attached hydrogens (tertiary/aromatic N) is 1. The molecular weight excluding hydrogens is 294 g/mol. The summed E-state index contributed by atoms with van der Waals surface area (Å²) >= 11 is 5.80. The SMILES string of the molecule is CCC1CCC(Cc2ccc(Cl)cc2[N+](=O)[O-])(C(=O)O)C1. The second-order valence-corrected chi connectivity index (χ2v) is 6.25. The van der Waals surface area contributed by atoms with Crippen molar-refractivity contribution in [1.29, 1.82) is 0 Å². The van der Waals surface area contributed by atoms with E-state index in [0.29, 0.717) is 24.3 Å². The highest BCUT2D eigenvalue weighted by atomic mass is 35.5. The average molecular weight is 312 g/mol. The van der Waals surface area contributed by atoms with Crippen LogP contribution in [-0.4, -0.2) is 16.0 Å². The Bertz CT molecular complexity index is 575. The summed E-state index contributed by atoms with van der Waals surface area (Å²) in [7, 11) is 0. The molecule has 0 radical (unpaired) electrons. The number of nitro groups is 1. The number of carboxylic acid groups (broad SMARTS) is 1. The third-order valence-corrected chi connectivity index (χ3v) is 4.75. The average Bonchev–Trinajstić information content (AvgIpc) is 2.85. The molecule has 1 aromatic carbocycles. The predicted molar refractivity (Wildman–Crippen MR) is 79.5 cm³/mol. The van der Waals surface area contributed by atoms with Crippen molar-refractivity contribution < 1.29 is 14.8 Å². The van der Waals surface area contributed by atoms with Crippen molar-refractivity contribution >= 4 is 23.3 Å². The molecule has 1 aliphatic carbocycles. The molecular formula is C15H18ClNO4. The van der Waals surface area contributed by atoms with Crippen molar-refractivity contribution in [2.45, 2.75) is 39.0 Å². The van der Waals surface area contributed by atoms with Crippen LogP contribution in [-0.2, 0) is 11.2 Å². The highest BCUT2D eigenvalue weighted by Crippen LogP contribution is 2.46. The van der Waals surface area contributed by atoms with E-state index in [4.69, 9.17) is 11.6 Å². The van der Waals surface area contributed by atoms with Crippen LogP contribution in [0.5, 0.6) is 0 Å². The largest absolute Gasteiger partial charge is 0.481 e. The van der Waals surface area contributed by atoms with Crippen molar-refractivity contribution in [1.82, 2.24) is 0 Å². The third-order valence-electron chi connectivity index (χ3n) is 4.51. The molecule has 1 aliphatic rings. The number of hydrogen-bond acceptors (Lipinski definition) is 3. The topological polar surface area (TPSA) is 80.4 Å². The zero-order chi connectivity index (χ0) is 15.6. The molecule has 1 N–H and O–H groups in total. The van der Waals surface area contributed by atoms with E-state index in [0.717, 1.165) is 12.8 Å². The van der Waals surface area contributed by atoms with Gasteiger partial charge in [-0.1, -0.05) is 31.0 Å². The fourth-order valence-electron chi connectivity index (χ4n) is 3.24. The number of benzene rings is 1. The summed E-state index contributed by atoms with van der Waals surface area (Å²) in [4.78, 5) is 22.4. The van der Waals surface area contributed by atoms with E-state index in [1.807, 2.05) is 6.92 Å². The molecule has 2 unspecified atom stereocenters. The Morgan fingerprint density at radius 2 is 2.29 bits per heavy atom. The van der Waals surface area contributed by atoms with Crippen LogP contribution in [0.2, 0.25) is 5.02 Å². The zero-order valence-corrected chi connectivity index (χ0v) is 12.6. The minimum absolute atomic E-state index is 0.0944. The van der Waals surface area contributed by atoms with Crippen molar-refractivity contribution in [3.63, 3.8) is 0 Å². The van der Waals surface area contributed by atoms with E-state index in [1.54, 1.807) is 12.1 Å². The van der Waals surface area contributed by atoms with Crippen LogP contribution in [0.4, 0.5) is 5.69 Å². The molecule has 1 fully saturated rings. The van der Waals surface area contributed by atoms with E-state index >= 15 is 0 Å². The van der Waals surface area contributed by atoms with Gasteiger partial charge in [-0.25, -0.2) is 0 Å². The number of nitro benzene ring substituents is 1. The van der Waals surface area contributed by atoms with Gasteiger partial charge < -0.3 is 5.11 Å². The van der Waals surface area contributed by atoms with Gasteiger partial charge in [-0.2, -0.15) is 0 Å². The standard InChI is InChI=1S/C15H18ClNO4/c1-2-10-5-6-15(8-10,14(18)19)9-11-3-4-12(16)7-13(11)17(20)21/h3-4,7,10H,2,5-6,8-9H2,1H3,(H,18,19). The second-order valence-electron chi connectivity index (χ2n) is 5.81. The summed E-state index contributed by atoms with van der Waals surface area (Å²) in [5.41, 5.74) is -0.536. The maximum atomic E-state index is 11.7. The van der Waals surface area contributed by atoms with Gasteiger partial charge in [0.05, 0.1) is 10.3 Å². The third kappa shape index (κ3) is 3.18. The zero-order valence-electron chi connectivity index (χ0n) is 11.8. The minimum Gasteiger partial charge on any atom is -0.481 e. The van der Waals surface area contributed by atoms with Crippen LogP contribution in [0.1, 0.15) is 38.2 Å². The molecule has 0 aromatic heterocycles. The quantitative estimate of drug-likeness (QED) is 0.656. The van der Waals surface area contributed by atoms with E-state index in [9.17, 15) is 20.0 Å². The van der Waals surface area contributed by atoms with Gasteiger partial charge in [0, 0.05) is 16.7 Å². The van der Waals surface area contributed by atoms with Crippen molar-refractivity contribution in [2.75, 3.05) is 0 Å². The molecule has 21 heavy (non-hydrogen) atoms. The van der Waals surface area contributed by atoms with Crippen LogP contribution >= 0.6 is 11.6 Å². The fourth-order valence-corrected chi connectivity index (χ4v) is 3.40. The van der Waals surface area contributed by atoms with Gasteiger partial charge in [0.15, 0.2) is 0 Å². The second kappa shape index (κ2) is 6.02. The molecule has 5 nitrogen and oxygen atoms in total. The Morgan fingerprint density at radius 1 is 1.57 bits per heavy atom. The molecule has 114 valence electrons. The molecule has 0 heterocycles. The summed E-state index contributed by atoms with van der Waals surface area (Å²) in [6.45, 7) is 2.05. The Hall–Kier alpha value is -1.62. The number of carbonyl (C=O) groups is 1. The van der Waals surface area contributed by atoms with Crippen LogP contribution in [0.3, 0.4) is 0 Å². The van der Waals surface area contributed by atoms with Gasteiger partial charge in [-0.3, -0.25) is 14.9 Å². The highest BCUT2D eigenvalue weighted by molar-refractivity contribution is 6.30. The number of aliphatic carboxylic acids is 1. The van der Waals surface area contributed by atoms with Gasteiger partial charge in [0.25, 0.3) is 5.69 Å². The normalized spacial score (nSPS) is 25.0. The monoisotopic (exact) mass is 311 g/mol. The lowest BCUT2D eigenvalue weighted by atomic mass is 9.79. The Balaban J connectivity index is 2.35. The van der Waals surface area contributed by atoms with Gasteiger partial charge >= 0.3 is 5.97 Å². The Labute approximate surface area is 128 Å². The van der Waals surface area contributed by atoms with Crippen LogP contribution in [0, 0.1) is 21.4 Å². The first kappa shape index (κ1) is 15.8. The highest BCUT2D eigenvalue weighted by Gasteiger charge is 2.45. The number of carboxylic acids is 1. The smallest absolute Gasteiger partial charge is 0.309 e. The summed E-state index contributed by atoms with van der Waals surface area (Å²) in [6.07, 6.45) is 3.15. The number of hydrogen-bond donors (Lipinski definition) is 1. The van der Waals surface area contributed by atoms with Crippen molar-refractivity contribution in [2.24, 2.45) is 11.3 Å². The molecule has 6 heteroatoms. The van der Waals surface area contributed by atoms with Gasteiger partial charge in [-0.15, -0.1) is 0 Å². The molecule has 0 amide bonds. The van der Waals surface area contributed by atoms with Crippen LogP contribution < -0.4 is 0 Å². The van der Waals surface area contributed by atoms with Crippen molar-refractivity contribution in [3.8, 4) is 0 Å². The van der Waals surface area contributed by atoms with Gasteiger partial charge in [-0.05, 0) is 37.7 Å². The number of halogens is 1. The summed E-state index contributed by atoms with van der Waals surface area (Å²) < 4.78 is 0. The fraction of sp³-hybridized carbons (Fsp3) is 0.533. The first-order valence-corrected chi connectivity index (χ1v) is 7.42. The predicted octanol–water partition coefficient (Wildman–Crippen LogP) is 4.07. The van der Waals surface area contributed by atoms with E-state index in [1.165, 1.54) is 6.07 Å². The molecule has 1 aromatic rings. The molecule has 2 rings (SSSR count). The maximum absolute atomic E-state index is 11.7. The van der Waals surface area contributed by atoms with Crippen molar-refractivity contribution in [3.05, 3.63) is 38.9 Å². The maximum Gasteiger partial charge on any atom is 0.309 e. The molecule has 2 atom stereocenters. The molecule has 1 saturated carbocycles. The number of rotatable bonds is 5. The minimum atomic E-state index is -0.890. The first-order chi connectivity index (χ1) is 9.88. The van der Waals surface area contributed by atoms with E-state index in [-0.39, 0.29) is 17.1 Å². The summed E-state index contributed by atoms with van der Waals surface area (Å²) in [6, 6.07) is 4.44. The first-order valence-electron chi connectivity index (χ1n) is 7.04. The lowest BCUT2D eigenvalue weighted by molar-refractivity contribution is -0.385. The summed E-state index contributed by atoms with van der Waals surface area (Å²) in [5, 5.41) is 21.1. The molecule has 0 bridgehead atoms. The molecule has 0 spiro atoms. The lowest BCUT2D eigenvalue weighted by Gasteiger charge is -2.24. The van der Waals surface area contributed by atoms with Gasteiger partial charge in [0.1, 0.15) is 0 Å². The Morgan fingerprint density at radius 3 is 2.81 bits per heavy atom. The van der Waals surface area contributed by atoms with Gasteiger partial charge in [0.2, 0.25) is 0 Å². The van der Waals surface area contributed by atoms with E-state index in [2.05, 4.69) is 0 Å². The van der Waals surface area contributed by atoms with E-state index < -0.39 is 16.3 Å². The Kier molecular flexibility index (Phi) is 4.52. The van der Waals surface area contributed by atoms with Crippen LogP contribution in [0.25, 0.3) is 0 Å².